The summed E-state index contributed by atoms with van der Waals surface area (Å²) in [5.74, 6) is -0.0496. The lowest BCUT2D eigenvalue weighted by molar-refractivity contribution is 0.0957. The molecule has 0 radical (unpaired) electrons. The van der Waals surface area contributed by atoms with Gasteiger partial charge in [-0.15, -0.1) is 11.3 Å². The molecular formula is C13H20N2O3S2. The van der Waals surface area contributed by atoms with E-state index in [1.165, 1.54) is 27.4 Å². The van der Waals surface area contributed by atoms with Gasteiger partial charge in [-0.1, -0.05) is 0 Å². The number of hydrogen-bond donors (Lipinski definition) is 1. The molecule has 0 saturated carbocycles. The van der Waals surface area contributed by atoms with E-state index in [9.17, 15) is 13.2 Å². The van der Waals surface area contributed by atoms with Crippen LogP contribution in [0.3, 0.4) is 0 Å². The van der Waals surface area contributed by atoms with Crippen LogP contribution in [-0.2, 0) is 22.9 Å². The SMILES string of the molecule is CN(CCCNC(=O)c1cc2c(s1)CCC2)S(C)(=O)=O. The quantitative estimate of drug-likeness (QED) is 0.803. The molecule has 0 aliphatic heterocycles. The first-order valence-electron chi connectivity index (χ1n) is 6.69. The van der Waals surface area contributed by atoms with E-state index in [0.717, 1.165) is 17.7 Å². The molecule has 20 heavy (non-hydrogen) atoms. The molecule has 1 N–H and O–H groups in total. The van der Waals surface area contributed by atoms with Gasteiger partial charge in [0.05, 0.1) is 11.1 Å². The summed E-state index contributed by atoms with van der Waals surface area (Å²) >= 11 is 1.58. The molecule has 7 heteroatoms. The maximum Gasteiger partial charge on any atom is 0.261 e. The van der Waals surface area contributed by atoms with Crippen LogP contribution in [0, 0.1) is 0 Å². The number of thiophene rings is 1. The molecule has 1 aliphatic rings. The van der Waals surface area contributed by atoms with Gasteiger partial charge in [0.1, 0.15) is 0 Å². The number of amides is 1. The van der Waals surface area contributed by atoms with Crippen molar-refractivity contribution in [3.05, 3.63) is 21.4 Å². The van der Waals surface area contributed by atoms with E-state index in [4.69, 9.17) is 0 Å². The lowest BCUT2D eigenvalue weighted by Gasteiger charge is -2.13. The average Bonchev–Trinajstić information content (AvgIpc) is 2.93. The predicted molar refractivity (Wildman–Crippen MR) is 80.8 cm³/mol. The zero-order chi connectivity index (χ0) is 14.8. The average molecular weight is 316 g/mol. The molecule has 1 aliphatic carbocycles. The van der Waals surface area contributed by atoms with Crippen LogP contribution in [0.5, 0.6) is 0 Å². The maximum atomic E-state index is 12.0. The molecule has 0 aromatic carbocycles. The van der Waals surface area contributed by atoms with Crippen molar-refractivity contribution < 1.29 is 13.2 Å². The molecule has 0 saturated heterocycles. The molecule has 0 fully saturated rings. The van der Waals surface area contributed by atoms with Crippen LogP contribution in [0.25, 0.3) is 0 Å². The van der Waals surface area contributed by atoms with E-state index in [1.807, 2.05) is 6.07 Å². The van der Waals surface area contributed by atoms with E-state index in [1.54, 1.807) is 18.4 Å². The van der Waals surface area contributed by atoms with Crippen molar-refractivity contribution in [3.63, 3.8) is 0 Å². The Labute approximate surface area is 124 Å². The molecular weight excluding hydrogens is 296 g/mol. The standard InChI is InChI=1S/C13H20N2O3S2/c1-15(20(2,17)18)8-4-7-14-13(16)12-9-10-5-3-6-11(10)19-12/h9H,3-8H2,1-2H3,(H,14,16). The summed E-state index contributed by atoms with van der Waals surface area (Å²) in [4.78, 5) is 14.1. The van der Waals surface area contributed by atoms with Gasteiger partial charge >= 0.3 is 0 Å². The van der Waals surface area contributed by atoms with Gasteiger partial charge in [-0.05, 0) is 37.3 Å². The minimum absolute atomic E-state index is 0.0496. The van der Waals surface area contributed by atoms with Gasteiger partial charge in [-0.2, -0.15) is 0 Å². The molecule has 0 bridgehead atoms. The predicted octanol–water partition coefficient (Wildman–Crippen LogP) is 1.25. The Morgan fingerprint density at radius 3 is 2.85 bits per heavy atom. The topological polar surface area (TPSA) is 66.5 Å². The highest BCUT2D eigenvalue weighted by molar-refractivity contribution is 7.88. The fraction of sp³-hybridized carbons (Fsp3) is 0.615. The van der Waals surface area contributed by atoms with Crippen molar-refractivity contribution in [2.75, 3.05) is 26.4 Å². The first-order chi connectivity index (χ1) is 9.38. The third kappa shape index (κ3) is 3.80. The van der Waals surface area contributed by atoms with Crippen LogP contribution in [0.4, 0.5) is 0 Å². The van der Waals surface area contributed by atoms with E-state index >= 15 is 0 Å². The second kappa shape index (κ2) is 6.24. The largest absolute Gasteiger partial charge is 0.351 e. The van der Waals surface area contributed by atoms with E-state index in [2.05, 4.69) is 5.32 Å². The van der Waals surface area contributed by atoms with E-state index < -0.39 is 10.0 Å². The molecule has 1 amide bonds. The van der Waals surface area contributed by atoms with Crippen LogP contribution in [0.2, 0.25) is 0 Å². The van der Waals surface area contributed by atoms with Gasteiger partial charge in [-0.25, -0.2) is 12.7 Å². The van der Waals surface area contributed by atoms with Crippen molar-refractivity contribution in [2.45, 2.75) is 25.7 Å². The highest BCUT2D eigenvalue weighted by atomic mass is 32.2. The molecule has 112 valence electrons. The maximum absolute atomic E-state index is 12.0. The van der Waals surface area contributed by atoms with Crippen molar-refractivity contribution in [1.29, 1.82) is 0 Å². The van der Waals surface area contributed by atoms with Crippen molar-refractivity contribution in [3.8, 4) is 0 Å². The second-order valence-corrected chi connectivity index (χ2v) is 8.33. The van der Waals surface area contributed by atoms with E-state index in [-0.39, 0.29) is 5.91 Å². The van der Waals surface area contributed by atoms with Crippen LogP contribution in [-0.4, -0.2) is 45.0 Å². The highest BCUT2D eigenvalue weighted by Crippen LogP contribution is 2.30. The fourth-order valence-electron chi connectivity index (χ4n) is 2.20. The molecule has 1 aromatic heterocycles. The summed E-state index contributed by atoms with van der Waals surface area (Å²) in [6.07, 6.45) is 5.16. The van der Waals surface area contributed by atoms with Crippen molar-refractivity contribution >= 4 is 27.3 Å². The number of nitrogens with one attached hydrogen (secondary N) is 1. The lowest BCUT2D eigenvalue weighted by atomic mass is 10.2. The summed E-state index contributed by atoms with van der Waals surface area (Å²) in [5, 5.41) is 2.84. The Kier molecular flexibility index (Phi) is 4.82. The van der Waals surface area contributed by atoms with Gasteiger partial charge in [0.15, 0.2) is 0 Å². The lowest BCUT2D eigenvalue weighted by Crippen LogP contribution is -2.30. The first-order valence-corrected chi connectivity index (χ1v) is 9.35. The number of carbonyl (C=O) groups excluding carboxylic acids is 1. The second-order valence-electron chi connectivity index (χ2n) is 5.11. The van der Waals surface area contributed by atoms with Crippen LogP contribution >= 0.6 is 11.3 Å². The number of fused-ring (bicyclic) bond motifs is 1. The van der Waals surface area contributed by atoms with Gasteiger partial charge in [0.2, 0.25) is 10.0 Å². The van der Waals surface area contributed by atoms with Gasteiger partial charge in [0, 0.05) is 25.0 Å². The molecule has 5 nitrogen and oxygen atoms in total. The summed E-state index contributed by atoms with van der Waals surface area (Å²) in [5.41, 5.74) is 1.32. The fourth-order valence-corrected chi connectivity index (χ4v) is 3.83. The van der Waals surface area contributed by atoms with Crippen molar-refractivity contribution in [1.82, 2.24) is 9.62 Å². The van der Waals surface area contributed by atoms with Gasteiger partial charge < -0.3 is 5.32 Å². The van der Waals surface area contributed by atoms with Crippen LogP contribution in [0.1, 0.15) is 33.0 Å². The zero-order valence-electron chi connectivity index (χ0n) is 11.8. The van der Waals surface area contributed by atoms with Gasteiger partial charge in [0.25, 0.3) is 5.91 Å². The number of sulfonamides is 1. The number of hydrogen-bond acceptors (Lipinski definition) is 4. The summed E-state index contributed by atoms with van der Waals surface area (Å²) in [7, 11) is -1.59. The van der Waals surface area contributed by atoms with Crippen molar-refractivity contribution in [2.24, 2.45) is 0 Å². The number of rotatable bonds is 6. The number of carbonyl (C=O) groups is 1. The zero-order valence-corrected chi connectivity index (χ0v) is 13.4. The summed E-state index contributed by atoms with van der Waals surface area (Å²) in [6, 6.07) is 1.99. The normalized spacial score (nSPS) is 14.6. The molecule has 2 rings (SSSR count). The van der Waals surface area contributed by atoms with Gasteiger partial charge in [-0.3, -0.25) is 4.79 Å². The third-order valence-corrected chi connectivity index (χ3v) is 6.02. The number of nitrogens with zero attached hydrogens (tertiary/aromatic N) is 1. The molecule has 0 unspecified atom stereocenters. The highest BCUT2D eigenvalue weighted by Gasteiger charge is 2.18. The monoisotopic (exact) mass is 316 g/mol. The Bertz CT molecular complexity index is 571. The number of aryl methyl sites for hydroxylation is 2. The Morgan fingerprint density at radius 2 is 2.20 bits per heavy atom. The minimum atomic E-state index is -3.13. The van der Waals surface area contributed by atoms with Crippen LogP contribution in [0.15, 0.2) is 6.07 Å². The molecule has 1 heterocycles. The van der Waals surface area contributed by atoms with Crippen LogP contribution < -0.4 is 5.32 Å². The molecule has 0 spiro atoms. The minimum Gasteiger partial charge on any atom is -0.351 e. The Balaban J connectivity index is 1.75. The Hall–Kier alpha value is -0.920. The molecule has 1 aromatic rings. The Morgan fingerprint density at radius 1 is 1.45 bits per heavy atom. The van der Waals surface area contributed by atoms with E-state index in [0.29, 0.717) is 19.5 Å². The smallest absolute Gasteiger partial charge is 0.261 e. The molecule has 0 atom stereocenters. The summed E-state index contributed by atoms with van der Waals surface area (Å²) < 4.78 is 23.7. The third-order valence-electron chi connectivity index (χ3n) is 3.47. The summed E-state index contributed by atoms with van der Waals surface area (Å²) in [6.45, 7) is 0.904. The first kappa shape index (κ1) is 15.5.